The number of amides is 1. The number of aliphatic hydroxyl groups excluding tert-OH is 1. The normalized spacial score (nSPS) is 25.4. The second-order valence-electron chi connectivity index (χ2n) is 8.29. The van der Waals surface area contributed by atoms with Crippen molar-refractivity contribution in [2.45, 2.75) is 43.6 Å². The van der Waals surface area contributed by atoms with E-state index in [-0.39, 0.29) is 6.04 Å². The van der Waals surface area contributed by atoms with Crippen molar-refractivity contribution in [1.82, 2.24) is 16.0 Å². The van der Waals surface area contributed by atoms with E-state index in [2.05, 4.69) is 28.1 Å². The van der Waals surface area contributed by atoms with Crippen molar-refractivity contribution in [3.05, 3.63) is 65.2 Å². The second kappa shape index (κ2) is 10.1. The Labute approximate surface area is 183 Å². The van der Waals surface area contributed by atoms with Crippen molar-refractivity contribution in [2.75, 3.05) is 26.7 Å². The number of ether oxygens (including phenoxy) is 2. The minimum absolute atomic E-state index is 0.145. The van der Waals surface area contributed by atoms with Gasteiger partial charge < -0.3 is 30.5 Å². The van der Waals surface area contributed by atoms with Crippen LogP contribution in [0.3, 0.4) is 0 Å². The van der Waals surface area contributed by atoms with Crippen molar-refractivity contribution in [3.63, 3.8) is 0 Å². The molecule has 31 heavy (non-hydrogen) atoms. The summed E-state index contributed by atoms with van der Waals surface area (Å²) in [5.74, 6) is 1.37. The molecule has 2 aromatic rings. The van der Waals surface area contributed by atoms with Gasteiger partial charge in [0.2, 0.25) is 0 Å². The molecule has 0 saturated carbocycles. The summed E-state index contributed by atoms with van der Waals surface area (Å²) in [5.41, 5.74) is 3.43. The lowest BCUT2D eigenvalue weighted by atomic mass is 9.97. The van der Waals surface area contributed by atoms with Gasteiger partial charge in [0.25, 0.3) is 0 Å². The second-order valence-corrected chi connectivity index (χ2v) is 8.29. The van der Waals surface area contributed by atoms with Gasteiger partial charge in [0, 0.05) is 19.6 Å². The molecule has 4 rings (SSSR count). The van der Waals surface area contributed by atoms with Crippen LogP contribution in [0.4, 0.5) is 4.79 Å². The highest BCUT2D eigenvalue weighted by Crippen LogP contribution is 2.23. The Balaban J connectivity index is 1.28. The molecule has 0 bridgehead atoms. The van der Waals surface area contributed by atoms with Crippen LogP contribution >= 0.6 is 0 Å². The molecule has 1 amide bonds. The molecule has 0 radical (unpaired) electrons. The molecule has 7 nitrogen and oxygen atoms in total. The Kier molecular flexibility index (Phi) is 7.06. The van der Waals surface area contributed by atoms with Gasteiger partial charge in [-0.15, -0.1) is 0 Å². The summed E-state index contributed by atoms with van der Waals surface area (Å²) in [4.78, 5) is 12.4. The molecule has 4 N–H and O–H groups in total. The quantitative estimate of drug-likeness (QED) is 0.542. The predicted molar refractivity (Wildman–Crippen MR) is 118 cm³/mol. The zero-order valence-electron chi connectivity index (χ0n) is 17.8. The van der Waals surface area contributed by atoms with Crippen LogP contribution in [0, 0.1) is 0 Å². The number of hydrogen-bond acceptors (Lipinski definition) is 6. The minimum atomic E-state index is -0.728. The molecule has 0 spiro atoms. The molecular weight excluding hydrogens is 394 g/mol. The van der Waals surface area contributed by atoms with Gasteiger partial charge in [0.15, 0.2) is 0 Å². The SMILES string of the molecule is COc1ccc(C[C@H]2NC[C@H](O)[C@H]2OC(=O)NCc2ccc(C3CCNC3)cc2)cc1. The van der Waals surface area contributed by atoms with Gasteiger partial charge in [0.05, 0.1) is 13.2 Å². The van der Waals surface area contributed by atoms with Crippen LogP contribution in [-0.4, -0.2) is 56.2 Å². The number of carbonyl (C=O) groups excluding carboxylic acids is 1. The third-order valence-corrected chi connectivity index (χ3v) is 6.17. The standard InChI is InChI=1S/C24H31N3O4/c1-30-20-8-4-16(5-9-20)12-21-23(22(28)15-26-21)31-24(29)27-13-17-2-6-18(7-3-17)19-10-11-25-14-19/h2-9,19,21-23,25-26,28H,10-15H2,1H3,(H,27,29)/t19?,21-,22+,23+/m1/s1. The molecular formula is C24H31N3O4. The summed E-state index contributed by atoms with van der Waals surface area (Å²) in [6.07, 6.45) is -0.0280. The first kappa shape index (κ1) is 21.6. The van der Waals surface area contributed by atoms with E-state index >= 15 is 0 Å². The highest BCUT2D eigenvalue weighted by molar-refractivity contribution is 5.67. The number of β-amino-alcohol motifs (C(OH)–C–C–N with tert-alkyl or cyclic N) is 1. The fourth-order valence-electron chi connectivity index (χ4n) is 4.32. The van der Waals surface area contributed by atoms with Crippen LogP contribution in [0.1, 0.15) is 29.0 Å². The van der Waals surface area contributed by atoms with Crippen LogP contribution in [-0.2, 0) is 17.7 Å². The van der Waals surface area contributed by atoms with E-state index < -0.39 is 18.3 Å². The van der Waals surface area contributed by atoms with Gasteiger partial charge in [-0.1, -0.05) is 36.4 Å². The van der Waals surface area contributed by atoms with Crippen molar-refractivity contribution < 1.29 is 19.4 Å². The largest absolute Gasteiger partial charge is 0.497 e. The number of carbonyl (C=O) groups is 1. The third-order valence-electron chi connectivity index (χ3n) is 6.17. The van der Waals surface area contributed by atoms with Crippen LogP contribution in [0.2, 0.25) is 0 Å². The first-order chi connectivity index (χ1) is 15.1. The fourth-order valence-corrected chi connectivity index (χ4v) is 4.32. The lowest BCUT2D eigenvalue weighted by molar-refractivity contribution is 0.0188. The first-order valence-corrected chi connectivity index (χ1v) is 10.9. The maximum absolute atomic E-state index is 12.4. The van der Waals surface area contributed by atoms with Crippen LogP contribution in [0.15, 0.2) is 48.5 Å². The topological polar surface area (TPSA) is 91.8 Å². The highest BCUT2D eigenvalue weighted by Gasteiger charge is 2.37. The molecule has 0 aliphatic carbocycles. The molecule has 2 saturated heterocycles. The van der Waals surface area contributed by atoms with E-state index in [9.17, 15) is 9.90 Å². The first-order valence-electron chi connectivity index (χ1n) is 10.9. The Morgan fingerprint density at radius 3 is 2.52 bits per heavy atom. The van der Waals surface area contributed by atoms with Crippen molar-refractivity contribution in [2.24, 2.45) is 0 Å². The number of nitrogens with one attached hydrogen (secondary N) is 3. The van der Waals surface area contributed by atoms with Crippen LogP contribution in [0.5, 0.6) is 5.75 Å². The minimum Gasteiger partial charge on any atom is -0.497 e. The van der Waals surface area contributed by atoms with Gasteiger partial charge in [-0.05, 0) is 54.1 Å². The van der Waals surface area contributed by atoms with Gasteiger partial charge in [0.1, 0.15) is 18.0 Å². The van der Waals surface area contributed by atoms with E-state index in [4.69, 9.17) is 9.47 Å². The average molecular weight is 426 g/mol. The van der Waals surface area contributed by atoms with Gasteiger partial charge >= 0.3 is 6.09 Å². The van der Waals surface area contributed by atoms with E-state index in [1.165, 1.54) is 12.0 Å². The van der Waals surface area contributed by atoms with Crippen LogP contribution in [0.25, 0.3) is 0 Å². The van der Waals surface area contributed by atoms with Crippen molar-refractivity contribution in [3.8, 4) is 5.75 Å². The third kappa shape index (κ3) is 5.55. The lowest BCUT2D eigenvalue weighted by Gasteiger charge is -2.22. The lowest BCUT2D eigenvalue weighted by Crippen LogP contribution is -2.41. The number of alkyl carbamates (subject to hydrolysis) is 1. The Morgan fingerprint density at radius 1 is 1.10 bits per heavy atom. The van der Waals surface area contributed by atoms with E-state index in [0.29, 0.717) is 25.4 Å². The number of rotatable bonds is 7. The molecule has 166 valence electrons. The summed E-state index contributed by atoms with van der Waals surface area (Å²) < 4.78 is 10.8. The molecule has 2 fully saturated rings. The van der Waals surface area contributed by atoms with E-state index in [0.717, 1.165) is 30.0 Å². The summed E-state index contributed by atoms with van der Waals surface area (Å²) >= 11 is 0. The summed E-state index contributed by atoms with van der Waals surface area (Å²) in [5, 5.41) is 19.7. The average Bonchev–Trinajstić information content (AvgIpc) is 3.45. The fraction of sp³-hybridized carbons (Fsp3) is 0.458. The van der Waals surface area contributed by atoms with Gasteiger partial charge in [-0.3, -0.25) is 0 Å². The number of methoxy groups -OCH3 is 1. The zero-order valence-corrected chi connectivity index (χ0v) is 17.8. The smallest absolute Gasteiger partial charge is 0.407 e. The number of benzene rings is 2. The van der Waals surface area contributed by atoms with Crippen LogP contribution < -0.4 is 20.7 Å². The molecule has 2 aromatic carbocycles. The predicted octanol–water partition coefficient (Wildman–Crippen LogP) is 1.94. The summed E-state index contributed by atoms with van der Waals surface area (Å²) in [6.45, 7) is 2.89. The van der Waals surface area contributed by atoms with Crippen molar-refractivity contribution >= 4 is 6.09 Å². The Bertz CT molecular complexity index is 850. The molecule has 2 aliphatic rings. The maximum atomic E-state index is 12.4. The molecule has 2 heterocycles. The van der Waals surface area contributed by atoms with Gasteiger partial charge in [-0.2, -0.15) is 0 Å². The van der Waals surface area contributed by atoms with Gasteiger partial charge in [-0.25, -0.2) is 4.79 Å². The number of hydrogen-bond donors (Lipinski definition) is 4. The molecule has 1 unspecified atom stereocenters. The Hall–Kier alpha value is -2.61. The molecule has 0 aromatic heterocycles. The molecule has 4 atom stereocenters. The summed E-state index contributed by atoms with van der Waals surface area (Å²) in [7, 11) is 1.63. The van der Waals surface area contributed by atoms with E-state index in [1.807, 2.05) is 36.4 Å². The monoisotopic (exact) mass is 425 g/mol. The van der Waals surface area contributed by atoms with E-state index in [1.54, 1.807) is 7.11 Å². The molecule has 7 heteroatoms. The molecule has 2 aliphatic heterocycles. The van der Waals surface area contributed by atoms with Crippen molar-refractivity contribution in [1.29, 1.82) is 0 Å². The summed E-state index contributed by atoms with van der Waals surface area (Å²) in [6, 6.07) is 16.0. The highest BCUT2D eigenvalue weighted by atomic mass is 16.6. The Morgan fingerprint density at radius 2 is 1.84 bits per heavy atom. The number of aliphatic hydroxyl groups is 1. The maximum Gasteiger partial charge on any atom is 0.407 e. The zero-order chi connectivity index (χ0) is 21.6.